The smallest absolute Gasteiger partial charge is 0.269 e. The molecule has 2 rings (SSSR count). The molecular weight excluding hydrogens is 489 g/mol. The second-order valence-corrected chi connectivity index (χ2v) is 7.80. The Morgan fingerprint density at radius 3 is 2.50 bits per heavy atom. The van der Waals surface area contributed by atoms with Crippen LogP contribution in [0.5, 0.6) is 5.75 Å². The number of hydrogen-bond acceptors (Lipinski definition) is 4. The van der Waals surface area contributed by atoms with E-state index in [-0.39, 0.29) is 10.1 Å². The largest absolute Gasteiger partial charge is 0.479 e. The number of hydrazine groups is 1. The fraction of sp³-hybridized carbons (Fsp3) is 0.167. The Labute approximate surface area is 186 Å². The molecule has 6 nitrogen and oxygen atoms in total. The molecule has 3 N–H and O–H groups in total. The Bertz CT molecular complexity index is 927. The lowest BCUT2D eigenvalue weighted by molar-refractivity contribution is -0.125. The summed E-state index contributed by atoms with van der Waals surface area (Å²) in [6.45, 7) is 3.44. The van der Waals surface area contributed by atoms with E-state index in [0.717, 1.165) is 10.0 Å². The van der Waals surface area contributed by atoms with Gasteiger partial charge < -0.3 is 4.74 Å². The first-order chi connectivity index (χ1) is 13.2. The van der Waals surface area contributed by atoms with Crippen LogP contribution in [0.15, 0.2) is 40.9 Å². The molecule has 148 valence electrons. The Morgan fingerprint density at radius 2 is 1.86 bits per heavy atom. The Balaban J connectivity index is 1.85. The summed E-state index contributed by atoms with van der Waals surface area (Å²) in [6.07, 6.45) is -0.887. The molecule has 0 saturated carbocycles. The fourth-order valence-electron chi connectivity index (χ4n) is 1.98. The maximum atomic E-state index is 12.2. The minimum atomic E-state index is -0.887. The minimum absolute atomic E-state index is 0.0813. The lowest BCUT2D eigenvalue weighted by Gasteiger charge is -2.17. The van der Waals surface area contributed by atoms with Crippen molar-refractivity contribution < 1.29 is 14.3 Å². The van der Waals surface area contributed by atoms with E-state index >= 15 is 0 Å². The average molecular weight is 505 g/mol. The predicted octanol–water partition coefficient (Wildman–Crippen LogP) is 4.17. The Morgan fingerprint density at radius 1 is 1.14 bits per heavy atom. The summed E-state index contributed by atoms with van der Waals surface area (Å²) in [6, 6.07) is 9.82. The highest BCUT2D eigenvalue weighted by molar-refractivity contribution is 9.10. The zero-order valence-electron chi connectivity index (χ0n) is 14.8. The van der Waals surface area contributed by atoms with E-state index in [1.165, 1.54) is 13.0 Å². The van der Waals surface area contributed by atoms with E-state index < -0.39 is 17.9 Å². The molecular formula is C18H16BrCl2N3O3S. The Kier molecular flexibility index (Phi) is 8.06. The molecule has 10 heteroatoms. The molecule has 2 aromatic carbocycles. The second kappa shape index (κ2) is 10.1. The van der Waals surface area contributed by atoms with Crippen molar-refractivity contribution in [3.63, 3.8) is 0 Å². The van der Waals surface area contributed by atoms with Gasteiger partial charge in [0.05, 0.1) is 5.02 Å². The lowest BCUT2D eigenvalue weighted by atomic mass is 10.1. The van der Waals surface area contributed by atoms with Gasteiger partial charge >= 0.3 is 0 Å². The molecule has 0 bridgehead atoms. The van der Waals surface area contributed by atoms with Crippen LogP contribution in [0.25, 0.3) is 0 Å². The summed E-state index contributed by atoms with van der Waals surface area (Å²) >= 11 is 20.2. The quantitative estimate of drug-likeness (QED) is 0.430. The number of nitrogens with one attached hydrogen (secondary N) is 3. The van der Waals surface area contributed by atoms with Crippen LogP contribution in [0.3, 0.4) is 0 Å². The number of hydrogen-bond donors (Lipinski definition) is 3. The number of aryl methyl sites for hydroxylation is 1. The van der Waals surface area contributed by atoms with Crippen LogP contribution < -0.4 is 20.9 Å². The second-order valence-electron chi connectivity index (χ2n) is 5.70. The molecule has 0 saturated heterocycles. The van der Waals surface area contributed by atoms with Gasteiger partial charge in [0.15, 0.2) is 11.2 Å². The van der Waals surface area contributed by atoms with E-state index in [9.17, 15) is 9.59 Å². The van der Waals surface area contributed by atoms with Gasteiger partial charge in [-0.1, -0.05) is 45.2 Å². The third-order valence-electron chi connectivity index (χ3n) is 3.53. The average Bonchev–Trinajstić information content (AvgIpc) is 2.64. The van der Waals surface area contributed by atoms with Gasteiger partial charge in [-0.2, -0.15) is 0 Å². The summed E-state index contributed by atoms with van der Waals surface area (Å²) in [5.74, 6) is -0.615. The fourth-order valence-corrected chi connectivity index (χ4v) is 2.96. The molecule has 0 heterocycles. The highest BCUT2D eigenvalue weighted by Gasteiger charge is 2.18. The summed E-state index contributed by atoms with van der Waals surface area (Å²) in [5, 5.41) is 3.08. The molecule has 0 aromatic heterocycles. The zero-order valence-corrected chi connectivity index (χ0v) is 18.7. The van der Waals surface area contributed by atoms with Gasteiger partial charge in [-0.05, 0) is 62.0 Å². The summed E-state index contributed by atoms with van der Waals surface area (Å²) in [4.78, 5) is 24.3. The molecule has 0 radical (unpaired) electrons. The number of carbonyl (C=O) groups excluding carboxylic acids is 2. The third kappa shape index (κ3) is 6.34. The summed E-state index contributed by atoms with van der Waals surface area (Å²) < 4.78 is 6.31. The van der Waals surface area contributed by atoms with Crippen LogP contribution in [-0.2, 0) is 4.79 Å². The highest BCUT2D eigenvalue weighted by Crippen LogP contribution is 2.28. The van der Waals surface area contributed by atoms with Gasteiger partial charge in [0.25, 0.3) is 11.8 Å². The van der Waals surface area contributed by atoms with Crippen molar-refractivity contribution in [2.45, 2.75) is 20.0 Å². The molecule has 0 aliphatic carbocycles. The molecule has 0 fully saturated rings. The number of benzene rings is 2. The van der Waals surface area contributed by atoms with Gasteiger partial charge in [-0.25, -0.2) is 0 Å². The number of carbonyl (C=O) groups is 2. The third-order valence-corrected chi connectivity index (χ3v) is 5.12. The van der Waals surface area contributed by atoms with E-state index in [1.54, 1.807) is 30.3 Å². The first-order valence-electron chi connectivity index (χ1n) is 7.96. The molecule has 1 unspecified atom stereocenters. The van der Waals surface area contributed by atoms with Crippen molar-refractivity contribution in [3.8, 4) is 5.75 Å². The van der Waals surface area contributed by atoms with Gasteiger partial charge in [-0.15, -0.1) is 0 Å². The SMILES string of the molecule is Cc1ccc(C(=O)NNC(=S)NC(=O)C(C)Oc2ccc(Cl)cc2Cl)cc1Br. The minimum Gasteiger partial charge on any atom is -0.479 e. The normalized spacial score (nSPS) is 11.3. The maximum Gasteiger partial charge on any atom is 0.269 e. The van der Waals surface area contributed by atoms with Gasteiger partial charge in [0, 0.05) is 15.1 Å². The Hall–Kier alpha value is -1.87. The molecule has 0 aliphatic rings. The number of rotatable bonds is 4. The summed E-state index contributed by atoms with van der Waals surface area (Å²) in [5.41, 5.74) is 6.31. The molecule has 0 aliphatic heterocycles. The maximum absolute atomic E-state index is 12.2. The van der Waals surface area contributed by atoms with Crippen LogP contribution in [0, 0.1) is 6.92 Å². The number of amides is 2. The van der Waals surface area contributed by atoms with Gasteiger partial charge in [0.1, 0.15) is 5.75 Å². The molecule has 1 atom stereocenters. The monoisotopic (exact) mass is 503 g/mol. The van der Waals surface area contributed by atoms with Crippen molar-refractivity contribution in [2.24, 2.45) is 0 Å². The van der Waals surface area contributed by atoms with Crippen molar-refractivity contribution in [3.05, 3.63) is 62.0 Å². The van der Waals surface area contributed by atoms with Gasteiger partial charge in [0.2, 0.25) is 0 Å². The molecule has 28 heavy (non-hydrogen) atoms. The lowest BCUT2D eigenvalue weighted by Crippen LogP contribution is -2.51. The molecule has 0 spiro atoms. The first kappa shape index (κ1) is 22.4. The van der Waals surface area contributed by atoms with E-state index in [2.05, 4.69) is 32.1 Å². The van der Waals surface area contributed by atoms with E-state index in [1.807, 2.05) is 6.92 Å². The molecule has 2 aromatic rings. The van der Waals surface area contributed by atoms with Crippen molar-refractivity contribution in [2.75, 3.05) is 0 Å². The van der Waals surface area contributed by atoms with Crippen LogP contribution >= 0.6 is 51.3 Å². The van der Waals surface area contributed by atoms with E-state index in [0.29, 0.717) is 16.3 Å². The van der Waals surface area contributed by atoms with Crippen LogP contribution in [0.1, 0.15) is 22.8 Å². The molecule has 2 amide bonds. The van der Waals surface area contributed by atoms with Crippen molar-refractivity contribution in [1.82, 2.24) is 16.2 Å². The van der Waals surface area contributed by atoms with Crippen LogP contribution in [0.2, 0.25) is 10.0 Å². The number of halogens is 3. The number of ether oxygens (including phenoxy) is 1. The van der Waals surface area contributed by atoms with Crippen LogP contribution in [-0.4, -0.2) is 23.0 Å². The standard InChI is InChI=1S/C18H16BrCl2N3O3S/c1-9-3-4-11(7-13(9)19)17(26)23-24-18(28)22-16(25)10(2)27-15-6-5-12(20)8-14(15)21/h3-8,10H,1-2H3,(H,23,26)(H2,22,24,25,28). The topological polar surface area (TPSA) is 79.5 Å². The van der Waals surface area contributed by atoms with Gasteiger partial charge in [-0.3, -0.25) is 25.8 Å². The number of thiocarbonyl (C=S) groups is 1. The first-order valence-corrected chi connectivity index (χ1v) is 9.92. The van der Waals surface area contributed by atoms with E-state index in [4.69, 9.17) is 40.2 Å². The summed E-state index contributed by atoms with van der Waals surface area (Å²) in [7, 11) is 0. The van der Waals surface area contributed by atoms with Crippen molar-refractivity contribution >= 4 is 68.3 Å². The van der Waals surface area contributed by atoms with Crippen LogP contribution in [0.4, 0.5) is 0 Å². The highest BCUT2D eigenvalue weighted by atomic mass is 79.9. The van der Waals surface area contributed by atoms with Crippen molar-refractivity contribution in [1.29, 1.82) is 0 Å². The zero-order chi connectivity index (χ0) is 20.8. The predicted molar refractivity (Wildman–Crippen MR) is 117 cm³/mol.